The summed E-state index contributed by atoms with van der Waals surface area (Å²) in [5, 5.41) is 5.23. The molecule has 2 N–H and O–H groups in total. The number of halogens is 1. The highest BCUT2D eigenvalue weighted by atomic mass is 19.1. The number of rotatable bonds is 4. The molecule has 0 aliphatic carbocycles. The number of hydrogen-bond donors (Lipinski definition) is 2. The smallest absolute Gasteiger partial charge is 0.251 e. The van der Waals surface area contributed by atoms with E-state index >= 15 is 0 Å². The normalized spacial score (nSPS) is 16.5. The number of carbonyl (C=O) groups is 3. The molecule has 1 unspecified atom stereocenters. The van der Waals surface area contributed by atoms with Crippen LogP contribution >= 0.6 is 0 Å². The quantitative estimate of drug-likeness (QED) is 0.882. The molecular formula is C19H18FN3O3. The summed E-state index contributed by atoms with van der Waals surface area (Å²) < 4.78 is 13.9. The molecule has 0 radical (unpaired) electrons. The zero-order chi connectivity index (χ0) is 18.7. The van der Waals surface area contributed by atoms with E-state index in [1.807, 2.05) is 0 Å². The topological polar surface area (TPSA) is 78.5 Å². The summed E-state index contributed by atoms with van der Waals surface area (Å²) in [6.45, 7) is 0.112. The van der Waals surface area contributed by atoms with E-state index in [-0.39, 0.29) is 36.4 Å². The van der Waals surface area contributed by atoms with E-state index in [1.165, 1.54) is 24.1 Å². The van der Waals surface area contributed by atoms with Crippen LogP contribution in [-0.4, -0.2) is 31.3 Å². The maximum atomic E-state index is 13.9. The lowest BCUT2D eigenvalue weighted by Crippen LogP contribution is -2.28. The van der Waals surface area contributed by atoms with Gasteiger partial charge in [0.05, 0.1) is 11.6 Å². The van der Waals surface area contributed by atoms with Crippen LogP contribution in [0.15, 0.2) is 48.5 Å². The van der Waals surface area contributed by atoms with E-state index < -0.39 is 11.7 Å². The minimum Gasteiger partial charge on any atom is -0.355 e. The van der Waals surface area contributed by atoms with Gasteiger partial charge in [-0.3, -0.25) is 14.4 Å². The number of nitrogens with zero attached hydrogens (tertiary/aromatic N) is 1. The third-order valence-corrected chi connectivity index (χ3v) is 4.26. The van der Waals surface area contributed by atoms with Crippen LogP contribution in [0.2, 0.25) is 0 Å². The molecule has 0 aromatic heterocycles. The summed E-state index contributed by atoms with van der Waals surface area (Å²) in [7, 11) is 1.52. The summed E-state index contributed by atoms with van der Waals surface area (Å²) >= 11 is 0. The molecule has 3 amide bonds. The van der Waals surface area contributed by atoms with Gasteiger partial charge in [0.1, 0.15) is 5.82 Å². The van der Waals surface area contributed by atoms with E-state index in [0.29, 0.717) is 11.3 Å². The molecule has 134 valence electrons. The van der Waals surface area contributed by atoms with Gasteiger partial charge in [0.25, 0.3) is 5.91 Å². The zero-order valence-electron chi connectivity index (χ0n) is 14.2. The average Bonchev–Trinajstić information content (AvgIpc) is 3.03. The largest absolute Gasteiger partial charge is 0.355 e. The van der Waals surface area contributed by atoms with Gasteiger partial charge in [-0.25, -0.2) is 4.39 Å². The SMILES string of the molecule is CNC(=O)c1cccc(NC(=O)C2CC(=O)N(c3ccccc3F)C2)c1. The molecule has 26 heavy (non-hydrogen) atoms. The molecule has 2 aromatic rings. The number of para-hydroxylation sites is 1. The lowest BCUT2D eigenvalue weighted by molar-refractivity contribution is -0.122. The zero-order valence-corrected chi connectivity index (χ0v) is 14.2. The van der Waals surface area contributed by atoms with E-state index in [1.54, 1.807) is 36.4 Å². The van der Waals surface area contributed by atoms with E-state index in [0.717, 1.165) is 0 Å². The highest BCUT2D eigenvalue weighted by molar-refractivity contribution is 6.04. The maximum absolute atomic E-state index is 13.9. The monoisotopic (exact) mass is 355 g/mol. The Morgan fingerprint density at radius 2 is 1.92 bits per heavy atom. The molecule has 3 rings (SSSR count). The number of carbonyl (C=O) groups excluding carboxylic acids is 3. The minimum absolute atomic E-state index is 0.00923. The van der Waals surface area contributed by atoms with Crippen molar-refractivity contribution in [3.8, 4) is 0 Å². The third-order valence-electron chi connectivity index (χ3n) is 4.26. The van der Waals surface area contributed by atoms with Crippen molar-refractivity contribution in [3.63, 3.8) is 0 Å². The predicted molar refractivity (Wildman–Crippen MR) is 95.3 cm³/mol. The Kier molecular flexibility index (Phi) is 4.97. The Morgan fingerprint density at radius 3 is 2.65 bits per heavy atom. The van der Waals surface area contributed by atoms with E-state index in [2.05, 4.69) is 10.6 Å². The molecule has 7 heteroatoms. The van der Waals surface area contributed by atoms with Gasteiger partial charge in [-0.15, -0.1) is 0 Å². The first kappa shape index (κ1) is 17.6. The molecule has 6 nitrogen and oxygen atoms in total. The van der Waals surface area contributed by atoms with Crippen molar-refractivity contribution in [2.75, 3.05) is 23.8 Å². The van der Waals surface area contributed by atoms with Crippen LogP contribution in [-0.2, 0) is 9.59 Å². The number of benzene rings is 2. The van der Waals surface area contributed by atoms with Gasteiger partial charge >= 0.3 is 0 Å². The molecule has 1 heterocycles. The van der Waals surface area contributed by atoms with Crippen LogP contribution in [0.3, 0.4) is 0 Å². The number of hydrogen-bond acceptors (Lipinski definition) is 3. The standard InChI is InChI=1S/C19H18FN3O3/c1-21-18(25)12-5-4-6-14(9-12)22-19(26)13-10-17(24)23(11-13)16-8-3-2-7-15(16)20/h2-9,13H,10-11H2,1H3,(H,21,25)(H,22,26). The van der Waals surface area contributed by atoms with Crippen LogP contribution in [0, 0.1) is 11.7 Å². The first-order valence-corrected chi connectivity index (χ1v) is 8.17. The first-order chi connectivity index (χ1) is 12.5. The Balaban J connectivity index is 1.71. The van der Waals surface area contributed by atoms with Gasteiger partial charge in [-0.05, 0) is 30.3 Å². The average molecular weight is 355 g/mol. The fraction of sp³-hybridized carbons (Fsp3) is 0.211. The highest BCUT2D eigenvalue weighted by Gasteiger charge is 2.36. The number of nitrogens with one attached hydrogen (secondary N) is 2. The van der Waals surface area contributed by atoms with Crippen molar-refractivity contribution in [1.82, 2.24) is 5.32 Å². The third kappa shape index (κ3) is 3.56. The van der Waals surface area contributed by atoms with Gasteiger partial charge in [-0.2, -0.15) is 0 Å². The van der Waals surface area contributed by atoms with Gasteiger partial charge in [0, 0.05) is 31.3 Å². The van der Waals surface area contributed by atoms with E-state index in [9.17, 15) is 18.8 Å². The Morgan fingerprint density at radius 1 is 1.15 bits per heavy atom. The molecule has 1 fully saturated rings. The van der Waals surface area contributed by atoms with Crippen LogP contribution in [0.4, 0.5) is 15.8 Å². The van der Waals surface area contributed by atoms with Crippen LogP contribution in [0.1, 0.15) is 16.8 Å². The Hall–Kier alpha value is -3.22. The summed E-state index contributed by atoms with van der Waals surface area (Å²) in [6.07, 6.45) is 0.00923. The second-order valence-electron chi connectivity index (χ2n) is 6.01. The lowest BCUT2D eigenvalue weighted by Gasteiger charge is -2.17. The van der Waals surface area contributed by atoms with Gasteiger partial charge in [0.15, 0.2) is 0 Å². The summed E-state index contributed by atoms with van der Waals surface area (Å²) in [5.74, 6) is -1.99. The minimum atomic E-state index is -0.592. The van der Waals surface area contributed by atoms with Crippen LogP contribution in [0.25, 0.3) is 0 Å². The Bertz CT molecular complexity index is 869. The van der Waals surface area contributed by atoms with Gasteiger partial charge < -0.3 is 15.5 Å². The fourth-order valence-electron chi connectivity index (χ4n) is 2.91. The summed E-state index contributed by atoms with van der Waals surface area (Å²) in [4.78, 5) is 37.7. The molecular weight excluding hydrogens is 337 g/mol. The summed E-state index contributed by atoms with van der Waals surface area (Å²) in [6, 6.07) is 12.5. The van der Waals surface area contributed by atoms with Crippen LogP contribution in [0.5, 0.6) is 0 Å². The molecule has 0 spiro atoms. The van der Waals surface area contributed by atoms with Crippen molar-refractivity contribution >= 4 is 29.1 Å². The van der Waals surface area contributed by atoms with Crippen molar-refractivity contribution in [2.24, 2.45) is 5.92 Å². The van der Waals surface area contributed by atoms with E-state index in [4.69, 9.17) is 0 Å². The van der Waals surface area contributed by atoms with Gasteiger partial charge in [-0.1, -0.05) is 18.2 Å². The molecule has 1 aliphatic rings. The van der Waals surface area contributed by atoms with Gasteiger partial charge in [0.2, 0.25) is 11.8 Å². The lowest BCUT2D eigenvalue weighted by atomic mass is 10.1. The summed E-state index contributed by atoms with van der Waals surface area (Å²) in [5.41, 5.74) is 1.06. The van der Waals surface area contributed by atoms with Crippen molar-refractivity contribution in [3.05, 3.63) is 59.9 Å². The molecule has 0 saturated carbocycles. The Labute approximate surface area is 150 Å². The molecule has 2 aromatic carbocycles. The number of amides is 3. The maximum Gasteiger partial charge on any atom is 0.251 e. The van der Waals surface area contributed by atoms with Crippen LogP contribution < -0.4 is 15.5 Å². The molecule has 0 bridgehead atoms. The van der Waals surface area contributed by atoms with Crippen molar-refractivity contribution in [2.45, 2.75) is 6.42 Å². The first-order valence-electron chi connectivity index (χ1n) is 8.17. The second kappa shape index (κ2) is 7.35. The fourth-order valence-corrected chi connectivity index (χ4v) is 2.91. The number of anilines is 2. The predicted octanol–water partition coefficient (Wildman–Crippen LogP) is 2.18. The molecule has 1 saturated heterocycles. The molecule has 1 atom stereocenters. The highest BCUT2D eigenvalue weighted by Crippen LogP contribution is 2.28. The second-order valence-corrected chi connectivity index (χ2v) is 6.01. The molecule has 1 aliphatic heterocycles. The van der Waals surface area contributed by atoms with Crippen molar-refractivity contribution < 1.29 is 18.8 Å². The van der Waals surface area contributed by atoms with Crippen molar-refractivity contribution in [1.29, 1.82) is 0 Å².